The van der Waals surface area contributed by atoms with Crippen LogP contribution >= 0.6 is 11.6 Å². The summed E-state index contributed by atoms with van der Waals surface area (Å²) in [5.41, 5.74) is 0.156. The highest BCUT2D eigenvalue weighted by molar-refractivity contribution is 7.87. The number of hydrogen-bond donors (Lipinski definition) is 2. The summed E-state index contributed by atoms with van der Waals surface area (Å²) in [7, 11) is -0.571. The zero-order valence-electron chi connectivity index (χ0n) is 11.7. The topological polar surface area (TPSA) is 61.4 Å². The first-order chi connectivity index (χ1) is 9.27. The van der Waals surface area contributed by atoms with Gasteiger partial charge in [-0.2, -0.15) is 12.7 Å². The molecule has 0 radical (unpaired) electrons. The predicted molar refractivity (Wildman–Crippen MR) is 78.3 cm³/mol. The maximum atomic E-state index is 13.6. The van der Waals surface area contributed by atoms with Crippen LogP contribution in [0.1, 0.15) is 12.5 Å². The molecule has 1 aromatic rings. The lowest BCUT2D eigenvalue weighted by molar-refractivity contribution is 0.441. The first-order valence-electron chi connectivity index (χ1n) is 6.09. The van der Waals surface area contributed by atoms with Crippen LogP contribution in [0.2, 0.25) is 5.02 Å². The molecule has 1 rings (SSSR count). The van der Waals surface area contributed by atoms with E-state index < -0.39 is 16.0 Å². The van der Waals surface area contributed by atoms with E-state index >= 15 is 0 Å². The van der Waals surface area contributed by atoms with Crippen molar-refractivity contribution >= 4 is 21.8 Å². The van der Waals surface area contributed by atoms with Crippen molar-refractivity contribution < 1.29 is 12.8 Å². The van der Waals surface area contributed by atoms with Gasteiger partial charge in [-0.25, -0.2) is 9.11 Å². The zero-order chi connectivity index (χ0) is 15.3. The second-order valence-corrected chi connectivity index (χ2v) is 6.77. The van der Waals surface area contributed by atoms with Crippen molar-refractivity contribution in [3.8, 4) is 0 Å². The third-order valence-electron chi connectivity index (χ3n) is 2.92. The maximum absolute atomic E-state index is 13.6. The zero-order valence-corrected chi connectivity index (χ0v) is 13.2. The van der Waals surface area contributed by atoms with Gasteiger partial charge in [0.05, 0.1) is 0 Å². The van der Waals surface area contributed by atoms with E-state index in [9.17, 15) is 12.8 Å². The molecule has 0 aromatic heterocycles. The lowest BCUT2D eigenvalue weighted by Crippen LogP contribution is -2.43. The van der Waals surface area contributed by atoms with Crippen molar-refractivity contribution in [3.63, 3.8) is 0 Å². The average molecular weight is 324 g/mol. The van der Waals surface area contributed by atoms with E-state index in [1.807, 2.05) is 6.92 Å². The summed E-state index contributed by atoms with van der Waals surface area (Å²) in [6, 6.07) is 4.24. The summed E-state index contributed by atoms with van der Waals surface area (Å²) in [5.74, 6) is -0.525. The summed E-state index contributed by atoms with van der Waals surface area (Å²) in [6.45, 7) is 1.96. The number of likely N-dealkylation sites (N-methyl/N-ethyl adjacent to an activating group) is 1. The van der Waals surface area contributed by atoms with Gasteiger partial charge in [-0.15, -0.1) is 0 Å². The molecule has 0 heterocycles. The Labute approximate surface area is 124 Å². The monoisotopic (exact) mass is 323 g/mol. The summed E-state index contributed by atoms with van der Waals surface area (Å²) in [4.78, 5) is 0. The first-order valence-corrected chi connectivity index (χ1v) is 7.90. The summed E-state index contributed by atoms with van der Waals surface area (Å²) >= 11 is 5.88. The van der Waals surface area contributed by atoms with Crippen LogP contribution in [0.3, 0.4) is 0 Å². The number of nitrogens with one attached hydrogen (secondary N) is 2. The van der Waals surface area contributed by atoms with Gasteiger partial charge in [-0.3, -0.25) is 0 Å². The van der Waals surface area contributed by atoms with Crippen molar-refractivity contribution in [1.82, 2.24) is 14.3 Å². The Bertz CT molecular complexity index is 533. The maximum Gasteiger partial charge on any atom is 0.279 e. The van der Waals surface area contributed by atoms with Gasteiger partial charge in [0.2, 0.25) is 0 Å². The largest absolute Gasteiger partial charge is 0.316 e. The Kier molecular flexibility index (Phi) is 6.35. The smallest absolute Gasteiger partial charge is 0.279 e. The molecule has 1 aromatic carbocycles. The van der Waals surface area contributed by atoms with Gasteiger partial charge in [-0.05, 0) is 26.1 Å². The highest BCUT2D eigenvalue weighted by atomic mass is 35.5. The van der Waals surface area contributed by atoms with Crippen molar-refractivity contribution in [2.24, 2.45) is 0 Å². The molecule has 1 unspecified atom stereocenters. The Morgan fingerprint density at radius 1 is 1.45 bits per heavy atom. The van der Waals surface area contributed by atoms with Gasteiger partial charge in [0, 0.05) is 36.8 Å². The Morgan fingerprint density at radius 2 is 2.10 bits per heavy atom. The van der Waals surface area contributed by atoms with Crippen LogP contribution in [0.4, 0.5) is 4.39 Å². The van der Waals surface area contributed by atoms with Crippen LogP contribution in [0.25, 0.3) is 0 Å². The van der Waals surface area contributed by atoms with E-state index in [1.54, 1.807) is 7.05 Å². The van der Waals surface area contributed by atoms with E-state index in [4.69, 9.17) is 11.6 Å². The van der Waals surface area contributed by atoms with Crippen molar-refractivity contribution in [2.45, 2.75) is 19.5 Å². The molecule has 0 spiro atoms. The lowest BCUT2D eigenvalue weighted by Gasteiger charge is -2.20. The number of benzene rings is 1. The quantitative estimate of drug-likeness (QED) is 0.796. The second kappa shape index (κ2) is 7.33. The summed E-state index contributed by atoms with van der Waals surface area (Å²) in [5, 5.41) is 3.12. The minimum Gasteiger partial charge on any atom is -0.316 e. The van der Waals surface area contributed by atoms with Gasteiger partial charge in [-0.1, -0.05) is 17.7 Å². The van der Waals surface area contributed by atoms with Crippen molar-refractivity contribution in [3.05, 3.63) is 34.6 Å². The third kappa shape index (κ3) is 4.68. The number of nitrogens with zero attached hydrogens (tertiary/aromatic N) is 1. The molecule has 2 N–H and O–H groups in total. The Balaban J connectivity index is 2.77. The minimum atomic E-state index is -3.68. The Hall–Kier alpha value is -0.730. The van der Waals surface area contributed by atoms with Crippen LogP contribution in [0.5, 0.6) is 0 Å². The van der Waals surface area contributed by atoms with Crippen molar-refractivity contribution in [1.29, 1.82) is 0 Å². The number of halogens is 2. The molecule has 0 saturated heterocycles. The molecular weight excluding hydrogens is 305 g/mol. The highest BCUT2D eigenvalue weighted by Gasteiger charge is 2.20. The average Bonchev–Trinajstić information content (AvgIpc) is 2.40. The molecule has 0 saturated carbocycles. The van der Waals surface area contributed by atoms with Gasteiger partial charge in [0.25, 0.3) is 10.2 Å². The molecule has 0 aliphatic carbocycles. The minimum absolute atomic E-state index is 0.00442. The fraction of sp³-hybridized carbons (Fsp3) is 0.500. The van der Waals surface area contributed by atoms with E-state index in [2.05, 4.69) is 10.0 Å². The molecule has 0 fully saturated rings. The standard InChI is InChI=1S/C12H19ClFN3O2S/c1-9(15-2)7-16-20(18,19)17(3)8-10-11(13)5-4-6-12(10)14/h4-6,9,15-16H,7-8H2,1-3H3. The van der Waals surface area contributed by atoms with Gasteiger partial charge >= 0.3 is 0 Å². The molecule has 114 valence electrons. The van der Waals surface area contributed by atoms with Crippen LogP contribution in [-0.2, 0) is 16.8 Å². The predicted octanol–water partition coefficient (Wildman–Crippen LogP) is 1.35. The summed E-state index contributed by atoms with van der Waals surface area (Å²) < 4.78 is 41.1. The molecule has 0 aliphatic heterocycles. The van der Waals surface area contributed by atoms with Crippen LogP contribution < -0.4 is 10.0 Å². The molecule has 5 nitrogen and oxygen atoms in total. The van der Waals surface area contributed by atoms with E-state index in [1.165, 1.54) is 25.2 Å². The normalized spacial score (nSPS) is 13.7. The lowest BCUT2D eigenvalue weighted by atomic mass is 10.2. The number of hydrogen-bond acceptors (Lipinski definition) is 3. The van der Waals surface area contributed by atoms with Crippen LogP contribution in [-0.4, -0.2) is 39.4 Å². The van der Waals surface area contributed by atoms with Crippen molar-refractivity contribution in [2.75, 3.05) is 20.6 Å². The fourth-order valence-corrected chi connectivity index (χ4v) is 2.64. The van der Waals surface area contributed by atoms with Gasteiger partial charge in [0.15, 0.2) is 0 Å². The summed E-state index contributed by atoms with van der Waals surface area (Å²) in [6.07, 6.45) is 0. The molecular formula is C12H19ClFN3O2S. The SMILES string of the molecule is CNC(C)CNS(=O)(=O)N(C)Cc1c(F)cccc1Cl. The second-order valence-electron chi connectivity index (χ2n) is 4.50. The third-order valence-corrected chi connectivity index (χ3v) is 4.75. The van der Waals surface area contributed by atoms with E-state index in [0.717, 1.165) is 4.31 Å². The van der Waals surface area contributed by atoms with Gasteiger partial charge < -0.3 is 5.32 Å². The molecule has 0 aliphatic rings. The first kappa shape index (κ1) is 17.3. The van der Waals surface area contributed by atoms with E-state index in [0.29, 0.717) is 0 Å². The molecule has 1 atom stereocenters. The number of rotatable bonds is 7. The molecule has 0 amide bonds. The van der Waals surface area contributed by atoms with Crippen LogP contribution in [0.15, 0.2) is 18.2 Å². The molecule has 8 heteroatoms. The van der Waals surface area contributed by atoms with E-state index in [-0.39, 0.29) is 29.7 Å². The highest BCUT2D eigenvalue weighted by Crippen LogP contribution is 2.20. The van der Waals surface area contributed by atoms with Gasteiger partial charge in [0.1, 0.15) is 5.82 Å². The van der Waals surface area contributed by atoms with Crippen LogP contribution in [0, 0.1) is 5.82 Å². The molecule has 0 bridgehead atoms. The molecule has 20 heavy (non-hydrogen) atoms. The Morgan fingerprint density at radius 3 is 2.65 bits per heavy atom. The fourth-order valence-electron chi connectivity index (χ4n) is 1.43.